The minimum atomic E-state index is 0.633. The van der Waals surface area contributed by atoms with Gasteiger partial charge in [0.15, 0.2) is 17.5 Å². The Morgan fingerprint density at radius 1 is 0.327 bits per heavy atom. The van der Waals surface area contributed by atoms with E-state index in [4.69, 9.17) is 15.0 Å². The van der Waals surface area contributed by atoms with Crippen LogP contribution in [0.15, 0.2) is 170 Å². The first-order valence-corrected chi connectivity index (χ1v) is 16.5. The zero-order valence-electron chi connectivity index (χ0n) is 26.5. The van der Waals surface area contributed by atoms with Crippen LogP contribution < -0.4 is 0 Å². The van der Waals surface area contributed by atoms with E-state index in [1.165, 1.54) is 37.7 Å². The highest BCUT2D eigenvalue weighted by Crippen LogP contribution is 2.38. The molecule has 0 saturated carbocycles. The van der Waals surface area contributed by atoms with Crippen LogP contribution in [-0.2, 0) is 0 Å². The number of rotatable bonds is 4. The Balaban J connectivity index is 1.23. The second-order valence-corrected chi connectivity index (χ2v) is 12.4. The van der Waals surface area contributed by atoms with E-state index >= 15 is 0 Å². The molecule has 0 saturated heterocycles. The molecular formula is C45H28N4. The average Bonchev–Trinajstić information content (AvgIpc) is 3.52. The largest absolute Gasteiger partial charge is 0.309 e. The average molecular weight is 625 g/mol. The van der Waals surface area contributed by atoms with Gasteiger partial charge in [0.1, 0.15) is 0 Å². The Kier molecular flexibility index (Phi) is 6.15. The molecule has 10 rings (SSSR count). The molecule has 0 radical (unpaired) electrons. The molecule has 0 bridgehead atoms. The highest BCUT2D eigenvalue weighted by molar-refractivity contribution is 6.20. The molecule has 2 heterocycles. The summed E-state index contributed by atoms with van der Waals surface area (Å²) in [5.74, 6) is 1.93. The number of hydrogen-bond acceptors (Lipinski definition) is 3. The lowest BCUT2D eigenvalue weighted by Crippen LogP contribution is -2.01. The Labute approximate surface area is 282 Å². The summed E-state index contributed by atoms with van der Waals surface area (Å²) in [6, 6.07) is 59.7. The molecule has 4 heteroatoms. The molecule has 10 aromatic rings. The Morgan fingerprint density at radius 2 is 0.878 bits per heavy atom. The highest BCUT2D eigenvalue weighted by atomic mass is 15.0. The van der Waals surface area contributed by atoms with Crippen LogP contribution in [0.4, 0.5) is 0 Å². The van der Waals surface area contributed by atoms with Crippen molar-refractivity contribution in [2.45, 2.75) is 0 Å². The summed E-state index contributed by atoms with van der Waals surface area (Å²) < 4.78 is 2.33. The highest BCUT2D eigenvalue weighted by Gasteiger charge is 2.18. The van der Waals surface area contributed by atoms with Crippen LogP contribution in [0.2, 0.25) is 0 Å². The summed E-state index contributed by atoms with van der Waals surface area (Å²) in [6.07, 6.45) is 0. The van der Waals surface area contributed by atoms with Crippen molar-refractivity contribution in [2.75, 3.05) is 0 Å². The van der Waals surface area contributed by atoms with Gasteiger partial charge >= 0.3 is 0 Å². The minimum absolute atomic E-state index is 0.633. The monoisotopic (exact) mass is 624 g/mol. The molecule has 0 atom stereocenters. The van der Waals surface area contributed by atoms with Crippen molar-refractivity contribution in [1.82, 2.24) is 19.5 Å². The van der Waals surface area contributed by atoms with Crippen molar-refractivity contribution in [3.05, 3.63) is 170 Å². The predicted octanol–water partition coefficient (Wildman–Crippen LogP) is 11.4. The molecule has 49 heavy (non-hydrogen) atoms. The summed E-state index contributed by atoms with van der Waals surface area (Å²) >= 11 is 0. The maximum Gasteiger partial charge on any atom is 0.164 e. The third-order valence-electron chi connectivity index (χ3n) is 9.62. The topological polar surface area (TPSA) is 43.6 Å². The lowest BCUT2D eigenvalue weighted by Gasteiger charge is -2.14. The fourth-order valence-corrected chi connectivity index (χ4v) is 7.37. The molecular weight excluding hydrogens is 597 g/mol. The molecule has 0 fully saturated rings. The Hall–Kier alpha value is -6.65. The van der Waals surface area contributed by atoms with Crippen LogP contribution in [-0.4, -0.2) is 19.5 Å². The molecule has 0 aliphatic carbocycles. The number of benzene rings is 8. The van der Waals surface area contributed by atoms with Crippen LogP contribution >= 0.6 is 0 Å². The van der Waals surface area contributed by atoms with Gasteiger partial charge in [-0.3, -0.25) is 0 Å². The zero-order chi connectivity index (χ0) is 32.3. The van der Waals surface area contributed by atoms with Gasteiger partial charge in [-0.25, -0.2) is 15.0 Å². The van der Waals surface area contributed by atoms with Crippen LogP contribution in [0.5, 0.6) is 0 Å². The van der Waals surface area contributed by atoms with Gasteiger partial charge in [0.25, 0.3) is 0 Å². The van der Waals surface area contributed by atoms with E-state index in [2.05, 4.69) is 156 Å². The van der Waals surface area contributed by atoms with Crippen LogP contribution in [0.25, 0.3) is 94.0 Å². The molecule has 8 aromatic carbocycles. The maximum atomic E-state index is 5.25. The van der Waals surface area contributed by atoms with E-state index in [1.807, 2.05) is 18.2 Å². The first-order chi connectivity index (χ1) is 24.3. The minimum Gasteiger partial charge on any atom is -0.309 e. The Morgan fingerprint density at radius 3 is 1.63 bits per heavy atom. The molecule has 0 N–H and O–H groups in total. The van der Waals surface area contributed by atoms with Gasteiger partial charge in [-0.2, -0.15) is 0 Å². The summed E-state index contributed by atoms with van der Waals surface area (Å²) in [7, 11) is 0. The molecule has 0 unspecified atom stereocenters. The molecule has 0 spiro atoms. The quantitative estimate of drug-likeness (QED) is 0.183. The van der Waals surface area contributed by atoms with Gasteiger partial charge < -0.3 is 4.57 Å². The summed E-state index contributed by atoms with van der Waals surface area (Å²) in [5.41, 5.74) is 6.24. The van der Waals surface area contributed by atoms with Crippen molar-refractivity contribution in [1.29, 1.82) is 0 Å². The molecule has 0 aliphatic rings. The van der Waals surface area contributed by atoms with Gasteiger partial charge in [-0.15, -0.1) is 0 Å². The van der Waals surface area contributed by atoms with E-state index in [0.29, 0.717) is 17.5 Å². The fraction of sp³-hybridized carbons (Fsp3) is 0. The van der Waals surface area contributed by atoms with E-state index in [0.717, 1.165) is 38.8 Å². The first kappa shape index (κ1) is 27.5. The van der Waals surface area contributed by atoms with Crippen LogP contribution in [0, 0.1) is 0 Å². The third-order valence-corrected chi connectivity index (χ3v) is 9.62. The third kappa shape index (κ3) is 4.42. The van der Waals surface area contributed by atoms with Gasteiger partial charge in [-0.1, -0.05) is 140 Å². The van der Waals surface area contributed by atoms with Crippen molar-refractivity contribution in [3.63, 3.8) is 0 Å². The van der Waals surface area contributed by atoms with E-state index in [9.17, 15) is 0 Å². The first-order valence-electron chi connectivity index (χ1n) is 16.5. The van der Waals surface area contributed by atoms with Gasteiger partial charge in [0.2, 0.25) is 0 Å². The SMILES string of the molecule is c1ccc(-c2nc(-c3cccc(-n4c5ccccc5c5ccccc54)c3)nc(-c3cc4c5ccccc5ccc4c4ccccc34)n2)cc1. The zero-order valence-corrected chi connectivity index (χ0v) is 26.5. The molecule has 4 nitrogen and oxygen atoms in total. The van der Waals surface area contributed by atoms with Crippen molar-refractivity contribution in [3.8, 4) is 39.9 Å². The van der Waals surface area contributed by atoms with E-state index in [-0.39, 0.29) is 0 Å². The van der Waals surface area contributed by atoms with Crippen molar-refractivity contribution in [2.24, 2.45) is 0 Å². The lowest BCUT2D eigenvalue weighted by atomic mass is 9.93. The molecule has 2 aromatic heterocycles. The van der Waals surface area contributed by atoms with Crippen molar-refractivity contribution >= 4 is 54.1 Å². The number of para-hydroxylation sites is 2. The summed E-state index contributed by atoms with van der Waals surface area (Å²) in [6.45, 7) is 0. The standard InChI is InChI=1S/C45H28N4/c1-2-14-30(15-3-1)43-46-44(31-16-12-17-32(27-31)49-41-23-10-8-21-37(41)38-22-9-11-24-42(38)49)48-45(47-43)40-28-39-33-18-5-4-13-29(33)25-26-36(39)34-19-6-7-20-35(34)40/h1-28H. The number of nitrogens with zero attached hydrogens (tertiary/aromatic N) is 4. The van der Waals surface area contributed by atoms with Crippen LogP contribution in [0.3, 0.4) is 0 Å². The van der Waals surface area contributed by atoms with Gasteiger partial charge in [0.05, 0.1) is 11.0 Å². The molecule has 0 aliphatic heterocycles. The Bertz CT molecular complexity index is 2830. The number of hydrogen-bond donors (Lipinski definition) is 0. The maximum absolute atomic E-state index is 5.25. The second kappa shape index (κ2) is 11.0. The molecule has 228 valence electrons. The smallest absolute Gasteiger partial charge is 0.164 e. The van der Waals surface area contributed by atoms with E-state index in [1.54, 1.807) is 0 Å². The van der Waals surface area contributed by atoms with Gasteiger partial charge in [0, 0.05) is 33.2 Å². The summed E-state index contributed by atoms with van der Waals surface area (Å²) in [4.78, 5) is 15.5. The summed E-state index contributed by atoms with van der Waals surface area (Å²) in [5, 5.41) is 9.57. The lowest BCUT2D eigenvalue weighted by molar-refractivity contribution is 1.07. The second-order valence-electron chi connectivity index (χ2n) is 12.4. The molecule has 0 amide bonds. The number of aromatic nitrogens is 4. The van der Waals surface area contributed by atoms with Crippen LogP contribution in [0.1, 0.15) is 0 Å². The predicted molar refractivity (Wildman–Crippen MR) is 203 cm³/mol. The normalized spacial score (nSPS) is 11.7. The van der Waals surface area contributed by atoms with Crippen molar-refractivity contribution < 1.29 is 0 Å². The number of fused-ring (bicyclic) bond motifs is 8. The van der Waals surface area contributed by atoms with E-state index < -0.39 is 0 Å². The van der Waals surface area contributed by atoms with Gasteiger partial charge in [-0.05, 0) is 62.6 Å². The fourth-order valence-electron chi connectivity index (χ4n) is 7.37.